The van der Waals surface area contributed by atoms with Gasteiger partial charge in [0.15, 0.2) is 0 Å². The van der Waals surface area contributed by atoms with E-state index < -0.39 is 10.0 Å². The van der Waals surface area contributed by atoms with Crippen molar-refractivity contribution < 1.29 is 8.42 Å². The van der Waals surface area contributed by atoms with Gasteiger partial charge in [0, 0.05) is 40.3 Å². The summed E-state index contributed by atoms with van der Waals surface area (Å²) in [5, 5.41) is 3.38. The highest BCUT2D eigenvalue weighted by atomic mass is 32.3. The van der Waals surface area contributed by atoms with Gasteiger partial charge in [0.25, 0.3) is 10.0 Å². The summed E-state index contributed by atoms with van der Waals surface area (Å²) in [5.74, 6) is 0. The maximum Gasteiger partial charge on any atom is 0.252 e. The van der Waals surface area contributed by atoms with Crippen molar-refractivity contribution in [3.8, 4) is 0 Å². The fourth-order valence-electron chi connectivity index (χ4n) is 2.83. The normalized spacial score (nSPS) is 15.5. The number of hydrogen-bond acceptors (Lipinski definition) is 7. The highest BCUT2D eigenvalue weighted by Crippen LogP contribution is 2.36. The fraction of sp³-hybridized carbons (Fsp3) is 0.412. The second kappa shape index (κ2) is 8.18. The number of aryl methyl sites for hydroxylation is 1. The summed E-state index contributed by atoms with van der Waals surface area (Å²) in [5.41, 5.74) is 3.51. The first-order chi connectivity index (χ1) is 12.4. The van der Waals surface area contributed by atoms with Gasteiger partial charge in [0.05, 0.1) is 15.6 Å². The molecule has 1 saturated heterocycles. The van der Waals surface area contributed by atoms with Crippen molar-refractivity contribution in [1.82, 2.24) is 9.62 Å². The minimum absolute atomic E-state index is 0.360. The topological polar surface area (TPSA) is 64.7 Å². The van der Waals surface area contributed by atoms with Crippen LogP contribution in [0.4, 0.5) is 11.4 Å². The Morgan fingerprint density at radius 3 is 2.62 bits per heavy atom. The van der Waals surface area contributed by atoms with E-state index in [4.69, 9.17) is 0 Å². The van der Waals surface area contributed by atoms with Gasteiger partial charge in [0.2, 0.25) is 0 Å². The molecule has 1 aromatic carbocycles. The van der Waals surface area contributed by atoms with E-state index in [0.29, 0.717) is 4.21 Å². The molecule has 2 aromatic rings. The monoisotopic (exact) mass is 412 g/mol. The number of anilines is 2. The van der Waals surface area contributed by atoms with Crippen LogP contribution in [-0.4, -0.2) is 53.0 Å². The number of rotatable bonds is 6. The SMILES string of the molecule is Cc1cccc(NSc2ccc(S(=O)(=O)N(C)C)s2)c1N1CCNCC1. The number of nitrogens with one attached hydrogen (secondary N) is 2. The Balaban J connectivity index is 1.76. The van der Waals surface area contributed by atoms with Crippen LogP contribution < -0.4 is 14.9 Å². The fourth-order valence-corrected chi connectivity index (χ4v) is 6.27. The van der Waals surface area contributed by atoms with Crippen molar-refractivity contribution in [2.75, 3.05) is 49.9 Å². The molecule has 26 heavy (non-hydrogen) atoms. The molecule has 2 heterocycles. The summed E-state index contributed by atoms with van der Waals surface area (Å²) in [6.07, 6.45) is 0. The van der Waals surface area contributed by atoms with Crippen LogP contribution in [0, 0.1) is 6.92 Å². The molecule has 1 aromatic heterocycles. The number of nitrogens with zero attached hydrogens (tertiary/aromatic N) is 2. The second-order valence-electron chi connectivity index (χ2n) is 6.27. The van der Waals surface area contributed by atoms with Gasteiger partial charge in [-0.2, -0.15) is 0 Å². The zero-order valence-corrected chi connectivity index (χ0v) is 17.6. The summed E-state index contributed by atoms with van der Waals surface area (Å²) < 4.78 is 30.4. The van der Waals surface area contributed by atoms with Crippen LogP contribution >= 0.6 is 23.3 Å². The first-order valence-corrected chi connectivity index (χ1v) is 11.5. The third-order valence-corrected chi connectivity index (χ3v) is 8.55. The van der Waals surface area contributed by atoms with Crippen molar-refractivity contribution in [3.05, 3.63) is 35.9 Å². The molecule has 0 saturated carbocycles. The lowest BCUT2D eigenvalue weighted by atomic mass is 10.1. The molecule has 0 spiro atoms. The second-order valence-corrected chi connectivity index (χ2v) is 10.8. The van der Waals surface area contributed by atoms with Gasteiger partial charge in [-0.05, 0) is 42.6 Å². The van der Waals surface area contributed by atoms with Crippen LogP contribution in [0.2, 0.25) is 0 Å². The van der Waals surface area contributed by atoms with Crippen LogP contribution in [0.5, 0.6) is 0 Å². The molecular weight excluding hydrogens is 388 g/mol. The largest absolute Gasteiger partial charge is 0.367 e. The third-order valence-electron chi connectivity index (χ3n) is 4.22. The van der Waals surface area contributed by atoms with E-state index in [1.807, 2.05) is 12.1 Å². The zero-order valence-electron chi connectivity index (χ0n) is 15.2. The van der Waals surface area contributed by atoms with Crippen molar-refractivity contribution in [3.63, 3.8) is 0 Å². The van der Waals surface area contributed by atoms with Gasteiger partial charge in [-0.25, -0.2) is 12.7 Å². The molecule has 2 N–H and O–H groups in total. The number of sulfonamides is 1. The van der Waals surface area contributed by atoms with E-state index >= 15 is 0 Å². The number of hydrogen-bond donors (Lipinski definition) is 2. The average Bonchev–Trinajstić information content (AvgIpc) is 3.10. The van der Waals surface area contributed by atoms with Crippen molar-refractivity contribution >= 4 is 44.7 Å². The van der Waals surface area contributed by atoms with E-state index in [0.717, 1.165) is 36.1 Å². The molecule has 0 bridgehead atoms. The third kappa shape index (κ3) is 4.17. The van der Waals surface area contributed by atoms with Gasteiger partial charge in [0.1, 0.15) is 4.21 Å². The standard InChI is InChI=1S/C17H24N4O2S3/c1-13-5-4-6-14(17(13)21-11-9-18-10-12-21)19-25-15-7-8-16(24-15)26(22,23)20(2)3/h4-8,18-19H,9-12H2,1-3H3. The molecule has 0 aliphatic carbocycles. The van der Waals surface area contributed by atoms with Crippen LogP contribution in [0.25, 0.3) is 0 Å². The zero-order chi connectivity index (χ0) is 18.7. The molecule has 1 fully saturated rings. The van der Waals surface area contributed by atoms with Crippen LogP contribution in [0.3, 0.4) is 0 Å². The van der Waals surface area contributed by atoms with Crippen LogP contribution in [0.1, 0.15) is 5.56 Å². The summed E-state index contributed by atoms with van der Waals surface area (Å²) in [7, 11) is -0.279. The molecule has 0 amide bonds. The van der Waals surface area contributed by atoms with E-state index in [1.54, 1.807) is 20.2 Å². The van der Waals surface area contributed by atoms with Crippen LogP contribution in [0.15, 0.2) is 38.8 Å². The van der Waals surface area contributed by atoms with E-state index in [9.17, 15) is 8.42 Å². The molecular formula is C17H24N4O2S3. The van der Waals surface area contributed by atoms with Gasteiger partial charge >= 0.3 is 0 Å². The Bertz CT molecular complexity index is 859. The highest BCUT2D eigenvalue weighted by Gasteiger charge is 2.20. The van der Waals surface area contributed by atoms with Gasteiger partial charge < -0.3 is 14.9 Å². The summed E-state index contributed by atoms with van der Waals surface area (Å²) in [6.45, 7) is 6.05. The Hall–Kier alpha value is -1.26. The lowest BCUT2D eigenvalue weighted by Gasteiger charge is -2.32. The smallest absolute Gasteiger partial charge is 0.252 e. The number of thiophene rings is 1. The van der Waals surface area contributed by atoms with E-state index in [-0.39, 0.29) is 0 Å². The summed E-state index contributed by atoms with van der Waals surface area (Å²) in [6, 6.07) is 9.75. The molecule has 6 nitrogen and oxygen atoms in total. The maximum atomic E-state index is 12.2. The van der Waals surface area contributed by atoms with Crippen molar-refractivity contribution in [2.24, 2.45) is 0 Å². The highest BCUT2D eigenvalue weighted by molar-refractivity contribution is 8.02. The Morgan fingerprint density at radius 2 is 1.92 bits per heavy atom. The predicted octanol–water partition coefficient (Wildman–Crippen LogP) is 2.84. The van der Waals surface area contributed by atoms with Crippen molar-refractivity contribution in [2.45, 2.75) is 15.3 Å². The minimum atomic E-state index is -3.38. The van der Waals surface area contributed by atoms with E-state index in [1.165, 1.54) is 38.8 Å². The molecule has 142 valence electrons. The Kier molecular flexibility index (Phi) is 6.13. The van der Waals surface area contributed by atoms with Gasteiger partial charge in [-0.15, -0.1) is 11.3 Å². The van der Waals surface area contributed by atoms with Gasteiger partial charge in [-0.3, -0.25) is 0 Å². The lowest BCUT2D eigenvalue weighted by Crippen LogP contribution is -2.44. The molecule has 0 unspecified atom stereocenters. The lowest BCUT2D eigenvalue weighted by molar-refractivity contribution is 0.523. The molecule has 0 atom stereocenters. The summed E-state index contributed by atoms with van der Waals surface area (Å²) >= 11 is 2.73. The molecule has 1 aliphatic rings. The van der Waals surface area contributed by atoms with E-state index in [2.05, 4.69) is 34.0 Å². The number of benzene rings is 1. The molecule has 3 rings (SSSR count). The molecule has 9 heteroatoms. The first kappa shape index (κ1) is 19.5. The summed E-state index contributed by atoms with van der Waals surface area (Å²) in [4.78, 5) is 2.39. The Morgan fingerprint density at radius 1 is 1.19 bits per heavy atom. The average molecular weight is 413 g/mol. The maximum absolute atomic E-state index is 12.2. The predicted molar refractivity (Wildman–Crippen MR) is 111 cm³/mol. The molecule has 1 aliphatic heterocycles. The quantitative estimate of drug-likeness (QED) is 0.712. The molecule has 0 radical (unpaired) electrons. The minimum Gasteiger partial charge on any atom is -0.367 e. The number of piperazine rings is 1. The number of para-hydroxylation sites is 1. The van der Waals surface area contributed by atoms with Crippen LogP contribution in [-0.2, 0) is 10.0 Å². The van der Waals surface area contributed by atoms with Gasteiger partial charge in [-0.1, -0.05) is 12.1 Å². The first-order valence-electron chi connectivity index (χ1n) is 8.40. The van der Waals surface area contributed by atoms with Crippen molar-refractivity contribution in [1.29, 1.82) is 0 Å². The Labute approximate surface area is 163 Å².